The first kappa shape index (κ1) is 23.6. The topological polar surface area (TPSA) is 40.1 Å². The van der Waals surface area contributed by atoms with Gasteiger partial charge in [-0.1, -0.05) is 39.7 Å². The van der Waals surface area contributed by atoms with Crippen LogP contribution in [0.3, 0.4) is 0 Å². The van der Waals surface area contributed by atoms with Gasteiger partial charge in [0, 0.05) is 50.3 Å². The Kier molecular flexibility index (Phi) is 10.3. The summed E-state index contributed by atoms with van der Waals surface area (Å²) in [6, 6.07) is 9.12. The summed E-state index contributed by atoms with van der Waals surface area (Å²) in [6.45, 7) is 9.00. The summed E-state index contributed by atoms with van der Waals surface area (Å²) in [5.41, 5.74) is 2.87. The van der Waals surface area contributed by atoms with E-state index in [0.29, 0.717) is 6.04 Å². The minimum absolute atomic E-state index is 0. The van der Waals surface area contributed by atoms with Gasteiger partial charge >= 0.3 is 0 Å². The fraction of sp³-hybridized carbons (Fsp3) is 0.571. The number of hydrogen-bond acceptors (Lipinski definition) is 3. The molecule has 0 amide bonds. The number of aliphatic imine (C=N–C) groups is 1. The lowest BCUT2D eigenvalue weighted by atomic mass is 10.1. The summed E-state index contributed by atoms with van der Waals surface area (Å²) >= 11 is 3.52. The number of benzene rings is 1. The zero-order chi connectivity index (χ0) is 19.1. The third-order valence-corrected chi connectivity index (χ3v) is 6.04. The molecular weight excluding hydrogens is 531 g/mol. The molecule has 5 nitrogen and oxygen atoms in total. The highest BCUT2D eigenvalue weighted by Gasteiger charge is 2.23. The van der Waals surface area contributed by atoms with Crippen molar-refractivity contribution in [1.82, 2.24) is 15.1 Å². The zero-order valence-electron chi connectivity index (χ0n) is 16.9. The average Bonchev–Trinajstić information content (AvgIpc) is 2.72. The van der Waals surface area contributed by atoms with E-state index in [9.17, 15) is 0 Å². The molecule has 1 aromatic carbocycles. The van der Waals surface area contributed by atoms with E-state index in [1.807, 2.05) is 7.05 Å². The normalized spacial score (nSPS) is 19.6. The Bertz CT molecular complexity index is 657. The zero-order valence-corrected chi connectivity index (χ0v) is 20.8. The number of ether oxygens (including phenoxy) is 1. The number of guanidine groups is 1. The molecule has 2 heterocycles. The van der Waals surface area contributed by atoms with Gasteiger partial charge in [-0.25, -0.2) is 0 Å². The van der Waals surface area contributed by atoms with Gasteiger partial charge in [0.15, 0.2) is 5.96 Å². The predicted molar refractivity (Wildman–Crippen MR) is 131 cm³/mol. The minimum atomic E-state index is 0. The Balaban J connectivity index is 0.00000280. The number of hydrogen-bond donors (Lipinski definition) is 1. The summed E-state index contributed by atoms with van der Waals surface area (Å²) in [5, 5.41) is 3.54. The van der Waals surface area contributed by atoms with Gasteiger partial charge in [0.05, 0.1) is 13.2 Å². The van der Waals surface area contributed by atoms with Crippen LogP contribution in [0.25, 0.3) is 0 Å². The Morgan fingerprint density at radius 3 is 2.54 bits per heavy atom. The van der Waals surface area contributed by atoms with Crippen LogP contribution >= 0.6 is 39.9 Å². The maximum atomic E-state index is 5.37. The molecule has 1 N–H and O–H groups in total. The summed E-state index contributed by atoms with van der Waals surface area (Å²) in [4.78, 5) is 9.43. The second-order valence-corrected chi connectivity index (χ2v) is 8.08. The molecule has 0 saturated carbocycles. The van der Waals surface area contributed by atoms with Gasteiger partial charge < -0.3 is 15.0 Å². The van der Waals surface area contributed by atoms with Gasteiger partial charge in [0.1, 0.15) is 0 Å². The second kappa shape index (κ2) is 12.1. The van der Waals surface area contributed by atoms with Crippen LogP contribution in [-0.2, 0) is 4.74 Å². The maximum Gasteiger partial charge on any atom is 0.193 e. The lowest BCUT2D eigenvalue weighted by Gasteiger charge is -2.39. The second-order valence-electron chi connectivity index (χ2n) is 7.16. The number of nitrogens with one attached hydrogen (secondary N) is 1. The highest BCUT2D eigenvalue weighted by molar-refractivity contribution is 14.0. The molecule has 1 aromatic rings. The van der Waals surface area contributed by atoms with Crippen LogP contribution < -0.4 is 5.32 Å². The lowest BCUT2D eigenvalue weighted by molar-refractivity contribution is 0.138. The molecule has 28 heavy (non-hydrogen) atoms. The summed E-state index contributed by atoms with van der Waals surface area (Å²) in [6.07, 6.45) is 4.35. The van der Waals surface area contributed by atoms with Crippen molar-refractivity contribution in [3.8, 4) is 0 Å². The Hall–Kier alpha value is -0.640. The molecule has 0 aromatic heterocycles. The van der Waals surface area contributed by atoms with Crippen LogP contribution in [0.15, 0.2) is 45.4 Å². The van der Waals surface area contributed by atoms with E-state index >= 15 is 0 Å². The summed E-state index contributed by atoms with van der Waals surface area (Å²) in [5.74, 6) is 1.03. The molecule has 2 aliphatic heterocycles. The van der Waals surface area contributed by atoms with Gasteiger partial charge in [0.2, 0.25) is 0 Å². The monoisotopic (exact) mass is 562 g/mol. The van der Waals surface area contributed by atoms with E-state index < -0.39 is 0 Å². The van der Waals surface area contributed by atoms with Crippen LogP contribution in [0, 0.1) is 0 Å². The van der Waals surface area contributed by atoms with E-state index in [4.69, 9.17) is 4.74 Å². The number of halogens is 2. The standard InChI is InChI=1S/C21H31BrN4O.HI/c1-17(19-3-5-20(22)6-4-19)25-11-13-26(14-12-25)21(23-2)24-10-7-18-8-15-27-16-9-18;/h3-6,8,17H,7,9-16H2,1-2H3,(H,23,24);1H. The van der Waals surface area contributed by atoms with E-state index in [2.05, 4.69) is 73.3 Å². The van der Waals surface area contributed by atoms with Crippen molar-refractivity contribution in [3.63, 3.8) is 0 Å². The molecule has 3 rings (SSSR count). The van der Waals surface area contributed by atoms with E-state index in [1.165, 1.54) is 11.1 Å². The molecule has 1 atom stereocenters. The van der Waals surface area contributed by atoms with Crippen molar-refractivity contribution in [2.45, 2.75) is 25.8 Å². The highest BCUT2D eigenvalue weighted by Crippen LogP contribution is 2.23. The van der Waals surface area contributed by atoms with E-state index in [1.54, 1.807) is 0 Å². The lowest BCUT2D eigenvalue weighted by Crippen LogP contribution is -2.53. The molecule has 0 aliphatic carbocycles. The average molecular weight is 563 g/mol. The van der Waals surface area contributed by atoms with Crippen molar-refractivity contribution < 1.29 is 4.74 Å². The number of rotatable bonds is 5. The Morgan fingerprint density at radius 1 is 1.21 bits per heavy atom. The van der Waals surface area contributed by atoms with Crippen molar-refractivity contribution in [2.75, 3.05) is 53.0 Å². The molecular formula is C21H32BrIN4O. The summed E-state index contributed by atoms with van der Waals surface area (Å²) < 4.78 is 6.51. The predicted octanol–water partition coefficient (Wildman–Crippen LogP) is 4.06. The fourth-order valence-corrected chi connectivity index (χ4v) is 4.00. The SMILES string of the molecule is CN=C(NCCC1=CCOCC1)N1CCN(C(C)c2ccc(Br)cc2)CC1.I. The van der Waals surface area contributed by atoms with Gasteiger partial charge in [-0.15, -0.1) is 24.0 Å². The first-order chi connectivity index (χ1) is 13.2. The molecule has 156 valence electrons. The van der Waals surface area contributed by atoms with Gasteiger partial charge in [0.25, 0.3) is 0 Å². The quantitative estimate of drug-likeness (QED) is 0.254. The van der Waals surface area contributed by atoms with Gasteiger partial charge in [-0.3, -0.25) is 9.89 Å². The summed E-state index contributed by atoms with van der Waals surface area (Å²) in [7, 11) is 1.88. The molecule has 1 fully saturated rings. The van der Waals surface area contributed by atoms with Crippen molar-refractivity contribution in [2.24, 2.45) is 4.99 Å². The molecule has 0 radical (unpaired) electrons. The molecule has 0 bridgehead atoms. The highest BCUT2D eigenvalue weighted by atomic mass is 127. The Morgan fingerprint density at radius 2 is 1.93 bits per heavy atom. The van der Waals surface area contributed by atoms with Crippen LogP contribution in [0.5, 0.6) is 0 Å². The van der Waals surface area contributed by atoms with E-state index in [0.717, 1.165) is 69.2 Å². The molecule has 7 heteroatoms. The largest absolute Gasteiger partial charge is 0.377 e. The van der Waals surface area contributed by atoms with Gasteiger partial charge in [-0.2, -0.15) is 0 Å². The third kappa shape index (κ3) is 6.71. The van der Waals surface area contributed by atoms with Crippen LogP contribution in [0.2, 0.25) is 0 Å². The van der Waals surface area contributed by atoms with Crippen molar-refractivity contribution >= 4 is 45.9 Å². The maximum absolute atomic E-state index is 5.37. The number of piperazine rings is 1. The van der Waals surface area contributed by atoms with Crippen LogP contribution in [0.4, 0.5) is 0 Å². The fourth-order valence-electron chi connectivity index (χ4n) is 3.73. The van der Waals surface area contributed by atoms with E-state index in [-0.39, 0.29) is 24.0 Å². The van der Waals surface area contributed by atoms with Gasteiger partial charge in [-0.05, 0) is 37.5 Å². The number of nitrogens with zero attached hydrogens (tertiary/aromatic N) is 3. The van der Waals surface area contributed by atoms with Crippen LogP contribution in [-0.4, -0.2) is 68.7 Å². The first-order valence-corrected chi connectivity index (χ1v) is 10.7. The van der Waals surface area contributed by atoms with Crippen LogP contribution in [0.1, 0.15) is 31.4 Å². The smallest absolute Gasteiger partial charge is 0.193 e. The molecule has 0 spiro atoms. The minimum Gasteiger partial charge on any atom is -0.377 e. The molecule has 2 aliphatic rings. The van der Waals surface area contributed by atoms with Crippen molar-refractivity contribution in [1.29, 1.82) is 0 Å². The third-order valence-electron chi connectivity index (χ3n) is 5.51. The van der Waals surface area contributed by atoms with Crippen molar-refractivity contribution in [3.05, 3.63) is 46.0 Å². The Labute approximate surface area is 194 Å². The first-order valence-electron chi connectivity index (χ1n) is 9.88. The molecule has 1 saturated heterocycles. The molecule has 1 unspecified atom stereocenters.